The van der Waals surface area contributed by atoms with E-state index in [1.807, 2.05) is 0 Å². The lowest BCUT2D eigenvalue weighted by Crippen LogP contribution is -2.10. The van der Waals surface area contributed by atoms with Gasteiger partial charge in [-0.3, -0.25) is 0 Å². The topological polar surface area (TPSA) is 17.1 Å². The van der Waals surface area contributed by atoms with Crippen LogP contribution < -0.4 is 0 Å². The van der Waals surface area contributed by atoms with E-state index in [2.05, 4.69) is 0 Å². The molecule has 1 unspecified atom stereocenters. The smallest absolute Gasteiger partial charge is 0.247 e. The third kappa shape index (κ3) is 3.77. The molecule has 0 heterocycles. The fourth-order valence-electron chi connectivity index (χ4n) is 0.958. The van der Waals surface area contributed by atoms with E-state index in [9.17, 15) is 21.8 Å². The summed E-state index contributed by atoms with van der Waals surface area (Å²) < 4.78 is 59.9. The predicted octanol–water partition coefficient (Wildman–Crippen LogP) is 4.24. The highest BCUT2D eigenvalue weighted by atomic mass is 127. The standard InChI is InChI=1S/C10H7F4IOS/c1-6-2-4-7(5-3-6)17(16)9(11)8(15)10(12,13)14/h2-5H,1H3/b9-8-. The monoisotopic (exact) mass is 378 g/mol. The van der Waals surface area contributed by atoms with Crippen LogP contribution in [0, 0.1) is 6.92 Å². The van der Waals surface area contributed by atoms with Crippen molar-refractivity contribution in [2.45, 2.75) is 18.0 Å². The highest BCUT2D eigenvalue weighted by molar-refractivity contribution is 14.1. The highest BCUT2D eigenvalue weighted by Gasteiger charge is 2.37. The van der Waals surface area contributed by atoms with Gasteiger partial charge in [0.2, 0.25) is 5.16 Å². The molecule has 7 heteroatoms. The van der Waals surface area contributed by atoms with Crippen LogP contribution in [0.15, 0.2) is 37.9 Å². The second-order valence-corrected chi connectivity index (χ2v) is 5.61. The van der Waals surface area contributed by atoms with E-state index in [0.717, 1.165) is 28.2 Å². The van der Waals surface area contributed by atoms with E-state index < -0.39 is 25.7 Å². The zero-order valence-corrected chi connectivity index (χ0v) is 11.5. The van der Waals surface area contributed by atoms with Crippen molar-refractivity contribution in [3.8, 4) is 0 Å². The predicted molar refractivity (Wildman–Crippen MR) is 65.8 cm³/mol. The Morgan fingerprint density at radius 2 is 1.71 bits per heavy atom. The number of hydrogen-bond acceptors (Lipinski definition) is 1. The van der Waals surface area contributed by atoms with Crippen LogP contribution in [0.5, 0.6) is 0 Å². The maximum Gasteiger partial charge on any atom is 0.425 e. The third-order valence-corrected chi connectivity index (χ3v) is 4.50. The van der Waals surface area contributed by atoms with Gasteiger partial charge in [-0.05, 0) is 41.6 Å². The molecule has 0 aliphatic rings. The summed E-state index contributed by atoms with van der Waals surface area (Å²) in [6.07, 6.45) is -4.81. The minimum Gasteiger partial charge on any atom is -0.247 e. The van der Waals surface area contributed by atoms with Crippen molar-refractivity contribution in [1.29, 1.82) is 0 Å². The van der Waals surface area contributed by atoms with Crippen molar-refractivity contribution in [2.24, 2.45) is 0 Å². The van der Waals surface area contributed by atoms with Crippen LogP contribution >= 0.6 is 22.6 Å². The maximum atomic E-state index is 13.3. The number of benzene rings is 1. The van der Waals surface area contributed by atoms with Crippen LogP contribution in [-0.4, -0.2) is 10.4 Å². The Labute approximate surface area is 111 Å². The molecule has 0 aliphatic carbocycles. The van der Waals surface area contributed by atoms with E-state index in [0.29, 0.717) is 0 Å². The number of hydrogen-bond donors (Lipinski definition) is 0. The van der Waals surface area contributed by atoms with E-state index in [4.69, 9.17) is 0 Å². The van der Waals surface area contributed by atoms with Gasteiger partial charge in [-0.15, -0.1) is 0 Å². The first-order valence-corrected chi connectivity index (χ1v) is 6.57. The molecule has 1 aromatic rings. The average Bonchev–Trinajstić information content (AvgIpc) is 2.26. The fourth-order valence-corrected chi connectivity index (χ4v) is 2.43. The minimum atomic E-state index is -4.81. The number of aryl methyl sites for hydroxylation is 1. The molecule has 94 valence electrons. The van der Waals surface area contributed by atoms with Crippen LogP contribution in [0.25, 0.3) is 0 Å². The molecular weight excluding hydrogens is 371 g/mol. The van der Waals surface area contributed by atoms with Crippen molar-refractivity contribution in [3.63, 3.8) is 0 Å². The van der Waals surface area contributed by atoms with Gasteiger partial charge in [-0.1, -0.05) is 17.7 Å². The normalized spacial score (nSPS) is 15.4. The van der Waals surface area contributed by atoms with Gasteiger partial charge in [0.1, 0.15) is 14.4 Å². The molecule has 0 amide bonds. The van der Waals surface area contributed by atoms with E-state index in [-0.39, 0.29) is 4.90 Å². The van der Waals surface area contributed by atoms with Crippen LogP contribution in [0.2, 0.25) is 0 Å². The van der Waals surface area contributed by atoms with Crippen LogP contribution in [0.3, 0.4) is 0 Å². The molecule has 0 saturated carbocycles. The molecule has 1 nitrogen and oxygen atoms in total. The van der Waals surface area contributed by atoms with Gasteiger partial charge in [-0.25, -0.2) is 4.21 Å². The summed E-state index contributed by atoms with van der Waals surface area (Å²) in [5, 5.41) is -1.66. The quantitative estimate of drug-likeness (QED) is 0.556. The average molecular weight is 378 g/mol. The summed E-state index contributed by atoms with van der Waals surface area (Å²) in [6.45, 7) is 1.76. The van der Waals surface area contributed by atoms with Gasteiger partial charge >= 0.3 is 6.18 Å². The van der Waals surface area contributed by atoms with Gasteiger partial charge < -0.3 is 0 Å². The molecular formula is C10H7F4IOS. The first kappa shape index (κ1) is 14.6. The maximum absolute atomic E-state index is 13.3. The molecule has 17 heavy (non-hydrogen) atoms. The summed E-state index contributed by atoms with van der Waals surface area (Å²) in [7, 11) is -2.43. The third-order valence-electron chi connectivity index (χ3n) is 1.82. The van der Waals surface area contributed by atoms with Crippen LogP contribution in [-0.2, 0) is 10.8 Å². The lowest BCUT2D eigenvalue weighted by Gasteiger charge is -2.07. The van der Waals surface area contributed by atoms with Gasteiger partial charge in [0.25, 0.3) is 0 Å². The molecule has 0 spiro atoms. The molecule has 1 atom stereocenters. The number of halogens is 5. The lowest BCUT2D eigenvalue weighted by atomic mass is 10.2. The Hall–Kier alpha value is -0.440. The summed E-state index contributed by atoms with van der Waals surface area (Å²) in [5.41, 5.74) is 0.848. The Morgan fingerprint density at radius 3 is 2.12 bits per heavy atom. The van der Waals surface area contributed by atoms with Gasteiger partial charge in [-0.2, -0.15) is 17.6 Å². The number of alkyl halides is 3. The fraction of sp³-hybridized carbons (Fsp3) is 0.200. The Bertz CT molecular complexity index is 464. The Morgan fingerprint density at radius 1 is 1.24 bits per heavy atom. The minimum absolute atomic E-state index is 0.00603. The molecule has 0 fully saturated rings. The zero-order chi connectivity index (χ0) is 13.2. The first-order chi connectivity index (χ1) is 7.73. The highest BCUT2D eigenvalue weighted by Crippen LogP contribution is 2.36. The molecule has 1 aromatic carbocycles. The molecule has 1 rings (SSSR count). The second kappa shape index (κ2) is 5.47. The van der Waals surface area contributed by atoms with Crippen molar-refractivity contribution < 1.29 is 21.8 Å². The second-order valence-electron chi connectivity index (χ2n) is 3.17. The summed E-state index contributed by atoms with van der Waals surface area (Å²) in [5.74, 6) is 0. The van der Waals surface area contributed by atoms with Gasteiger partial charge in [0, 0.05) is 4.90 Å². The Kier molecular flexibility index (Phi) is 4.70. The summed E-state index contributed by atoms with van der Waals surface area (Å²) in [6, 6.07) is 5.79. The van der Waals surface area contributed by atoms with Gasteiger partial charge in [0.05, 0.1) is 0 Å². The molecule has 0 bridgehead atoms. The van der Waals surface area contributed by atoms with Crippen molar-refractivity contribution in [2.75, 3.05) is 0 Å². The zero-order valence-electron chi connectivity index (χ0n) is 8.52. The van der Waals surface area contributed by atoms with Crippen LogP contribution in [0.1, 0.15) is 5.56 Å². The SMILES string of the molecule is Cc1ccc(S(=O)/C(F)=C(\I)C(F)(F)F)cc1. The molecule has 0 aliphatic heterocycles. The summed E-state index contributed by atoms with van der Waals surface area (Å²) in [4.78, 5) is 0.00603. The Balaban J connectivity index is 3.10. The molecule has 0 saturated heterocycles. The molecule has 0 radical (unpaired) electrons. The van der Waals surface area contributed by atoms with E-state index >= 15 is 0 Å². The van der Waals surface area contributed by atoms with E-state index in [1.54, 1.807) is 19.1 Å². The van der Waals surface area contributed by atoms with Gasteiger partial charge in [0.15, 0.2) is 0 Å². The number of allylic oxidation sites excluding steroid dienone is 1. The lowest BCUT2D eigenvalue weighted by molar-refractivity contribution is -0.0828. The van der Waals surface area contributed by atoms with E-state index in [1.165, 1.54) is 12.1 Å². The molecule has 0 N–H and O–H groups in total. The first-order valence-electron chi connectivity index (χ1n) is 4.34. The van der Waals surface area contributed by atoms with Crippen molar-refractivity contribution in [1.82, 2.24) is 0 Å². The van der Waals surface area contributed by atoms with Crippen LogP contribution in [0.4, 0.5) is 17.6 Å². The largest absolute Gasteiger partial charge is 0.425 e. The van der Waals surface area contributed by atoms with Crippen molar-refractivity contribution in [3.05, 3.63) is 38.6 Å². The number of rotatable bonds is 2. The van der Waals surface area contributed by atoms with Crippen molar-refractivity contribution >= 4 is 33.4 Å². The molecule has 0 aromatic heterocycles. The summed E-state index contributed by atoms with van der Waals surface area (Å²) >= 11 is 0.810.